The summed E-state index contributed by atoms with van der Waals surface area (Å²) in [7, 11) is 0. The summed E-state index contributed by atoms with van der Waals surface area (Å²) < 4.78 is 0. The van der Waals surface area contributed by atoms with Gasteiger partial charge in [-0.1, -0.05) is 0 Å². The third-order valence-electron chi connectivity index (χ3n) is 3.45. The maximum Gasteiger partial charge on any atom is 0.312 e. The molecule has 4 N–H and O–H groups in total. The fourth-order valence-corrected chi connectivity index (χ4v) is 2.34. The van der Waals surface area contributed by atoms with E-state index in [2.05, 4.69) is 31.4 Å². The van der Waals surface area contributed by atoms with E-state index in [1.165, 1.54) is 25.7 Å². The van der Waals surface area contributed by atoms with Crippen molar-refractivity contribution in [3.63, 3.8) is 0 Å². The lowest BCUT2D eigenvalue weighted by atomic mass is 9.81. The average molecular weight is 241 g/mol. The quantitative estimate of drug-likeness (QED) is 0.703. The van der Waals surface area contributed by atoms with Crippen LogP contribution < -0.4 is 16.4 Å². The zero-order chi connectivity index (χ0) is 12.9. The Labute approximate surface area is 105 Å². The van der Waals surface area contributed by atoms with Crippen LogP contribution in [-0.4, -0.2) is 24.7 Å². The number of urea groups is 1. The van der Waals surface area contributed by atoms with Gasteiger partial charge in [0, 0.05) is 12.1 Å². The standard InChI is InChI=1S/C13H27N3O/c1-13(2,3)16-9-11-6-4-10(5-7-11)8-15-12(14)17/h10-11,16H,4-9H2,1-3H3,(H3,14,15,17)/t10-,11-. The smallest absolute Gasteiger partial charge is 0.312 e. The Kier molecular flexibility index (Phi) is 5.25. The van der Waals surface area contributed by atoms with Gasteiger partial charge >= 0.3 is 6.03 Å². The van der Waals surface area contributed by atoms with Crippen LogP contribution in [0.1, 0.15) is 46.5 Å². The minimum absolute atomic E-state index is 0.213. The van der Waals surface area contributed by atoms with Crippen LogP contribution in [0.15, 0.2) is 0 Å². The molecule has 0 aromatic rings. The van der Waals surface area contributed by atoms with Crippen molar-refractivity contribution in [3.05, 3.63) is 0 Å². The molecule has 0 aromatic carbocycles. The van der Waals surface area contributed by atoms with Crippen LogP contribution in [0, 0.1) is 11.8 Å². The third-order valence-corrected chi connectivity index (χ3v) is 3.45. The van der Waals surface area contributed by atoms with Crippen LogP contribution in [0.25, 0.3) is 0 Å². The molecule has 1 aliphatic rings. The van der Waals surface area contributed by atoms with E-state index in [-0.39, 0.29) is 5.54 Å². The van der Waals surface area contributed by atoms with E-state index in [0.29, 0.717) is 5.92 Å². The van der Waals surface area contributed by atoms with E-state index >= 15 is 0 Å². The highest BCUT2D eigenvalue weighted by Crippen LogP contribution is 2.28. The zero-order valence-electron chi connectivity index (χ0n) is 11.4. The molecule has 0 unspecified atom stereocenters. The predicted molar refractivity (Wildman–Crippen MR) is 70.8 cm³/mol. The molecule has 0 spiro atoms. The van der Waals surface area contributed by atoms with Crippen molar-refractivity contribution in [1.29, 1.82) is 0 Å². The van der Waals surface area contributed by atoms with E-state index < -0.39 is 6.03 Å². The molecule has 100 valence electrons. The first-order valence-electron chi connectivity index (χ1n) is 6.65. The Balaban J connectivity index is 2.15. The molecule has 1 rings (SSSR count). The number of nitrogens with one attached hydrogen (secondary N) is 2. The normalized spacial score (nSPS) is 25.6. The SMILES string of the molecule is CC(C)(C)NC[C@H]1CC[C@H](CNC(N)=O)CC1. The summed E-state index contributed by atoms with van der Waals surface area (Å²) in [6.07, 6.45) is 4.93. The number of hydrogen-bond donors (Lipinski definition) is 3. The number of hydrogen-bond acceptors (Lipinski definition) is 2. The molecular formula is C13H27N3O. The second-order valence-electron chi connectivity index (χ2n) is 6.26. The first-order valence-corrected chi connectivity index (χ1v) is 6.65. The van der Waals surface area contributed by atoms with E-state index in [0.717, 1.165) is 19.0 Å². The van der Waals surface area contributed by atoms with Crippen molar-refractivity contribution in [3.8, 4) is 0 Å². The maximum atomic E-state index is 10.6. The molecule has 17 heavy (non-hydrogen) atoms. The van der Waals surface area contributed by atoms with Crippen molar-refractivity contribution >= 4 is 6.03 Å². The van der Waals surface area contributed by atoms with Gasteiger partial charge in [0.2, 0.25) is 0 Å². The summed E-state index contributed by atoms with van der Waals surface area (Å²) in [6.45, 7) is 8.47. The highest BCUT2D eigenvalue weighted by molar-refractivity contribution is 5.71. The molecule has 1 fully saturated rings. The monoisotopic (exact) mass is 241 g/mol. The van der Waals surface area contributed by atoms with Gasteiger partial charge in [0.1, 0.15) is 0 Å². The molecule has 2 amide bonds. The molecule has 0 saturated heterocycles. The number of rotatable bonds is 4. The molecule has 0 radical (unpaired) electrons. The largest absolute Gasteiger partial charge is 0.352 e. The first kappa shape index (κ1) is 14.3. The van der Waals surface area contributed by atoms with Crippen molar-refractivity contribution in [1.82, 2.24) is 10.6 Å². The fourth-order valence-electron chi connectivity index (χ4n) is 2.34. The van der Waals surface area contributed by atoms with Crippen molar-refractivity contribution in [2.24, 2.45) is 17.6 Å². The Morgan fingerprint density at radius 2 is 1.59 bits per heavy atom. The number of carbonyl (C=O) groups excluding carboxylic acids is 1. The average Bonchev–Trinajstić information content (AvgIpc) is 2.24. The molecule has 4 nitrogen and oxygen atoms in total. The highest BCUT2D eigenvalue weighted by Gasteiger charge is 2.22. The van der Waals surface area contributed by atoms with Crippen LogP contribution in [-0.2, 0) is 0 Å². The van der Waals surface area contributed by atoms with Gasteiger partial charge in [-0.15, -0.1) is 0 Å². The van der Waals surface area contributed by atoms with E-state index in [4.69, 9.17) is 5.73 Å². The van der Waals surface area contributed by atoms with E-state index in [9.17, 15) is 4.79 Å². The molecule has 0 atom stereocenters. The summed E-state index contributed by atoms with van der Waals surface area (Å²) in [4.78, 5) is 10.6. The zero-order valence-corrected chi connectivity index (χ0v) is 11.4. The lowest BCUT2D eigenvalue weighted by Gasteiger charge is -2.31. The summed E-state index contributed by atoms with van der Waals surface area (Å²) >= 11 is 0. The number of carbonyl (C=O) groups is 1. The molecular weight excluding hydrogens is 214 g/mol. The van der Waals surface area contributed by atoms with Gasteiger partial charge in [0.25, 0.3) is 0 Å². The van der Waals surface area contributed by atoms with Crippen molar-refractivity contribution < 1.29 is 4.79 Å². The first-order chi connectivity index (χ1) is 7.87. The number of nitrogens with two attached hydrogens (primary N) is 1. The second kappa shape index (κ2) is 6.24. The second-order valence-corrected chi connectivity index (χ2v) is 6.26. The van der Waals surface area contributed by atoms with Crippen LogP contribution in [0.4, 0.5) is 4.79 Å². The van der Waals surface area contributed by atoms with Gasteiger partial charge in [0.15, 0.2) is 0 Å². The maximum absolute atomic E-state index is 10.6. The number of amides is 2. The molecule has 0 aromatic heterocycles. The van der Waals surface area contributed by atoms with Gasteiger partial charge < -0.3 is 16.4 Å². The number of primary amides is 1. The Morgan fingerprint density at radius 3 is 2.00 bits per heavy atom. The summed E-state index contributed by atoms with van der Waals surface area (Å²) in [5.41, 5.74) is 5.29. The molecule has 0 heterocycles. The van der Waals surface area contributed by atoms with Gasteiger partial charge in [-0.3, -0.25) is 0 Å². The third kappa shape index (κ3) is 6.51. The molecule has 1 saturated carbocycles. The Morgan fingerprint density at radius 1 is 1.12 bits per heavy atom. The predicted octanol–water partition coefficient (Wildman–Crippen LogP) is 1.85. The van der Waals surface area contributed by atoms with Crippen LogP contribution in [0.2, 0.25) is 0 Å². The van der Waals surface area contributed by atoms with Crippen LogP contribution in [0.3, 0.4) is 0 Å². The molecule has 4 heteroatoms. The lowest BCUT2D eigenvalue weighted by molar-refractivity contribution is 0.232. The fraction of sp³-hybridized carbons (Fsp3) is 0.923. The minimum atomic E-state index is -0.401. The molecule has 0 aliphatic heterocycles. The molecule has 1 aliphatic carbocycles. The Bertz CT molecular complexity index is 240. The minimum Gasteiger partial charge on any atom is -0.352 e. The Hall–Kier alpha value is -0.770. The van der Waals surface area contributed by atoms with Gasteiger partial charge in [-0.05, 0) is 64.8 Å². The van der Waals surface area contributed by atoms with Crippen LogP contribution in [0.5, 0.6) is 0 Å². The molecule has 0 bridgehead atoms. The summed E-state index contributed by atoms with van der Waals surface area (Å²) in [6, 6.07) is -0.401. The summed E-state index contributed by atoms with van der Waals surface area (Å²) in [5, 5.41) is 6.28. The van der Waals surface area contributed by atoms with Gasteiger partial charge in [-0.25, -0.2) is 4.79 Å². The van der Waals surface area contributed by atoms with E-state index in [1.54, 1.807) is 0 Å². The van der Waals surface area contributed by atoms with Crippen molar-refractivity contribution in [2.45, 2.75) is 52.0 Å². The topological polar surface area (TPSA) is 67.2 Å². The van der Waals surface area contributed by atoms with Gasteiger partial charge in [0.05, 0.1) is 0 Å². The highest BCUT2D eigenvalue weighted by atomic mass is 16.2. The van der Waals surface area contributed by atoms with Gasteiger partial charge in [-0.2, -0.15) is 0 Å². The van der Waals surface area contributed by atoms with Crippen molar-refractivity contribution in [2.75, 3.05) is 13.1 Å². The summed E-state index contributed by atoms with van der Waals surface area (Å²) in [5.74, 6) is 1.41. The van der Waals surface area contributed by atoms with Crippen LogP contribution >= 0.6 is 0 Å². The van der Waals surface area contributed by atoms with E-state index in [1.807, 2.05) is 0 Å². The lowest BCUT2D eigenvalue weighted by Crippen LogP contribution is -2.40.